The van der Waals surface area contributed by atoms with Gasteiger partial charge in [0.1, 0.15) is 23.8 Å². The highest BCUT2D eigenvalue weighted by Gasteiger charge is 2.24. The molecule has 9 heteroatoms. The van der Waals surface area contributed by atoms with E-state index >= 15 is 0 Å². The first kappa shape index (κ1) is 21.8. The summed E-state index contributed by atoms with van der Waals surface area (Å²) in [4.78, 5) is 47.8. The van der Waals surface area contributed by atoms with Crippen molar-refractivity contribution in [2.24, 2.45) is 0 Å². The average Bonchev–Trinajstić information content (AvgIpc) is 2.75. The lowest BCUT2D eigenvalue weighted by Crippen LogP contribution is -2.45. The van der Waals surface area contributed by atoms with E-state index in [1.807, 2.05) is 6.07 Å². The maximum Gasteiger partial charge on any atom is 0.363 e. The number of aromatic amines is 1. The van der Waals surface area contributed by atoms with E-state index < -0.39 is 17.2 Å². The zero-order valence-corrected chi connectivity index (χ0v) is 17.2. The van der Waals surface area contributed by atoms with Crippen molar-refractivity contribution < 1.29 is 14.0 Å². The number of nitrogens with zero attached hydrogens (tertiary/aromatic N) is 2. The van der Waals surface area contributed by atoms with Gasteiger partial charge in [-0.15, -0.1) is 0 Å². The van der Waals surface area contributed by atoms with Crippen LogP contribution in [0.1, 0.15) is 28.4 Å². The van der Waals surface area contributed by atoms with E-state index in [4.69, 9.17) is 4.84 Å². The van der Waals surface area contributed by atoms with Gasteiger partial charge >= 0.3 is 11.2 Å². The van der Waals surface area contributed by atoms with Gasteiger partial charge in [-0.1, -0.05) is 47.2 Å². The standard InChI is InChI=1S/C22H23FN4O4/c1-3-24-19-18(20(28)26(2)13-15-9-11-17(23)12-10-15)21(29)27(22(30)25-19)31-14-16-7-5-4-6-8-16/h4-12,24H,3,13-14H2,1-2H3,(H,25,30). The van der Waals surface area contributed by atoms with Crippen molar-refractivity contribution in [2.75, 3.05) is 18.9 Å². The second-order valence-corrected chi connectivity index (χ2v) is 6.86. The van der Waals surface area contributed by atoms with Crippen LogP contribution in [0.4, 0.5) is 10.2 Å². The quantitative estimate of drug-likeness (QED) is 0.575. The topological polar surface area (TPSA) is 96.4 Å². The molecular weight excluding hydrogens is 403 g/mol. The Balaban J connectivity index is 1.92. The van der Waals surface area contributed by atoms with Crippen LogP contribution in [0.5, 0.6) is 0 Å². The van der Waals surface area contributed by atoms with Gasteiger partial charge in [-0.25, -0.2) is 9.18 Å². The molecular formula is C22H23FN4O4. The normalized spacial score (nSPS) is 10.5. The highest BCUT2D eigenvalue weighted by atomic mass is 19.1. The Hall–Kier alpha value is -3.88. The maximum absolute atomic E-state index is 13.1. The molecule has 0 fully saturated rings. The van der Waals surface area contributed by atoms with Gasteiger partial charge in [0.25, 0.3) is 5.91 Å². The van der Waals surface area contributed by atoms with Crippen LogP contribution in [0.3, 0.4) is 0 Å². The number of aromatic nitrogens is 2. The number of carbonyl (C=O) groups is 1. The van der Waals surface area contributed by atoms with E-state index in [0.717, 1.165) is 5.56 Å². The van der Waals surface area contributed by atoms with E-state index in [2.05, 4.69) is 10.3 Å². The van der Waals surface area contributed by atoms with Gasteiger partial charge in [0.2, 0.25) is 0 Å². The third-order valence-electron chi connectivity index (χ3n) is 4.51. The van der Waals surface area contributed by atoms with Gasteiger partial charge in [-0.2, -0.15) is 0 Å². The molecule has 3 rings (SSSR count). The van der Waals surface area contributed by atoms with Gasteiger partial charge < -0.3 is 15.1 Å². The largest absolute Gasteiger partial charge is 0.401 e. The van der Waals surface area contributed by atoms with Crippen molar-refractivity contribution in [2.45, 2.75) is 20.1 Å². The van der Waals surface area contributed by atoms with Crippen molar-refractivity contribution in [3.05, 3.63) is 97.9 Å². The molecule has 8 nitrogen and oxygen atoms in total. The molecule has 0 aliphatic heterocycles. The van der Waals surface area contributed by atoms with Crippen LogP contribution in [-0.2, 0) is 13.2 Å². The molecule has 2 aromatic carbocycles. The number of hydrogen-bond donors (Lipinski definition) is 2. The predicted octanol–water partition coefficient (Wildman–Crippen LogP) is 2.01. The molecule has 0 aliphatic carbocycles. The summed E-state index contributed by atoms with van der Waals surface area (Å²) in [6.07, 6.45) is 0. The third kappa shape index (κ3) is 5.19. The molecule has 0 atom stereocenters. The fourth-order valence-electron chi connectivity index (χ4n) is 2.99. The number of H-pyrrole nitrogens is 1. The first-order valence-corrected chi connectivity index (χ1v) is 9.71. The SMILES string of the molecule is CCNc1[nH]c(=O)n(OCc2ccccc2)c(=O)c1C(=O)N(C)Cc1ccc(F)cc1. The Bertz CT molecular complexity index is 1160. The summed E-state index contributed by atoms with van der Waals surface area (Å²) in [6.45, 7) is 2.27. The second-order valence-electron chi connectivity index (χ2n) is 6.86. The Kier molecular flexibility index (Phi) is 6.86. The van der Waals surface area contributed by atoms with Crippen molar-refractivity contribution in [3.8, 4) is 0 Å². The molecule has 0 unspecified atom stereocenters. The first-order chi connectivity index (χ1) is 14.9. The number of carbonyl (C=O) groups excluding carboxylic acids is 1. The lowest BCUT2D eigenvalue weighted by molar-refractivity contribution is 0.0710. The highest BCUT2D eigenvalue weighted by Crippen LogP contribution is 2.12. The molecule has 162 valence electrons. The van der Waals surface area contributed by atoms with Crippen molar-refractivity contribution in [1.29, 1.82) is 0 Å². The number of anilines is 1. The molecule has 0 bridgehead atoms. The van der Waals surface area contributed by atoms with Gasteiger partial charge in [0.05, 0.1) is 0 Å². The summed E-state index contributed by atoms with van der Waals surface area (Å²) in [7, 11) is 1.52. The number of amides is 1. The Morgan fingerprint density at radius 2 is 1.77 bits per heavy atom. The predicted molar refractivity (Wildman–Crippen MR) is 114 cm³/mol. The van der Waals surface area contributed by atoms with Crippen LogP contribution < -0.4 is 21.4 Å². The fraction of sp³-hybridized carbons (Fsp3) is 0.227. The third-order valence-corrected chi connectivity index (χ3v) is 4.51. The zero-order valence-electron chi connectivity index (χ0n) is 17.2. The van der Waals surface area contributed by atoms with Gasteiger partial charge in [-0.05, 0) is 30.2 Å². The number of halogens is 1. The van der Waals surface area contributed by atoms with Crippen LogP contribution >= 0.6 is 0 Å². The van der Waals surface area contributed by atoms with Crippen LogP contribution in [0.15, 0.2) is 64.2 Å². The summed E-state index contributed by atoms with van der Waals surface area (Å²) < 4.78 is 13.7. The van der Waals surface area contributed by atoms with Gasteiger partial charge in [0.15, 0.2) is 0 Å². The molecule has 1 heterocycles. The zero-order chi connectivity index (χ0) is 22.4. The Labute approximate surface area is 177 Å². The van der Waals surface area contributed by atoms with Crippen molar-refractivity contribution in [3.63, 3.8) is 0 Å². The summed E-state index contributed by atoms with van der Waals surface area (Å²) in [5, 5.41) is 2.84. The minimum absolute atomic E-state index is 0.0213. The summed E-state index contributed by atoms with van der Waals surface area (Å²) in [6, 6.07) is 14.7. The van der Waals surface area contributed by atoms with Crippen molar-refractivity contribution >= 4 is 11.7 Å². The summed E-state index contributed by atoms with van der Waals surface area (Å²) in [5.41, 5.74) is -0.474. The average molecular weight is 426 g/mol. The molecule has 3 aromatic rings. The van der Waals surface area contributed by atoms with E-state index in [0.29, 0.717) is 16.8 Å². The molecule has 0 saturated carbocycles. The van der Waals surface area contributed by atoms with Crippen LogP contribution in [0.2, 0.25) is 0 Å². The molecule has 0 aliphatic rings. The van der Waals surface area contributed by atoms with Gasteiger partial charge in [-0.3, -0.25) is 14.6 Å². The van der Waals surface area contributed by atoms with E-state index in [1.165, 1.54) is 24.1 Å². The van der Waals surface area contributed by atoms with Crippen LogP contribution in [0.25, 0.3) is 0 Å². The fourth-order valence-corrected chi connectivity index (χ4v) is 2.99. The van der Waals surface area contributed by atoms with E-state index in [-0.39, 0.29) is 30.4 Å². The lowest BCUT2D eigenvalue weighted by Gasteiger charge is -2.19. The lowest BCUT2D eigenvalue weighted by atomic mass is 10.2. The number of hydrogen-bond acceptors (Lipinski definition) is 5. The van der Waals surface area contributed by atoms with Crippen molar-refractivity contribution in [1.82, 2.24) is 14.6 Å². The molecule has 0 saturated heterocycles. The maximum atomic E-state index is 13.1. The summed E-state index contributed by atoms with van der Waals surface area (Å²) >= 11 is 0. The molecule has 31 heavy (non-hydrogen) atoms. The van der Waals surface area contributed by atoms with E-state index in [9.17, 15) is 18.8 Å². The highest BCUT2D eigenvalue weighted by molar-refractivity contribution is 5.98. The molecule has 1 amide bonds. The second kappa shape index (κ2) is 9.75. The summed E-state index contributed by atoms with van der Waals surface area (Å²) in [5.74, 6) is -0.974. The number of rotatable bonds is 8. The minimum atomic E-state index is -0.869. The molecule has 0 spiro atoms. The first-order valence-electron chi connectivity index (χ1n) is 9.71. The Morgan fingerprint density at radius 3 is 2.42 bits per heavy atom. The molecule has 2 N–H and O–H groups in total. The molecule has 0 radical (unpaired) electrons. The smallest absolute Gasteiger partial charge is 0.363 e. The van der Waals surface area contributed by atoms with Crippen LogP contribution in [0, 0.1) is 5.82 Å². The molecule has 1 aromatic heterocycles. The van der Waals surface area contributed by atoms with E-state index in [1.54, 1.807) is 43.3 Å². The Morgan fingerprint density at radius 1 is 1.10 bits per heavy atom. The monoisotopic (exact) mass is 426 g/mol. The number of benzene rings is 2. The number of nitrogens with one attached hydrogen (secondary N) is 2. The van der Waals surface area contributed by atoms with Crippen LogP contribution in [-0.4, -0.2) is 34.1 Å². The van der Waals surface area contributed by atoms with Gasteiger partial charge in [0, 0.05) is 20.1 Å². The minimum Gasteiger partial charge on any atom is -0.401 e.